The normalized spacial score (nSPS) is 12.1. The Hall–Kier alpha value is -4.37. The highest BCUT2D eigenvalue weighted by atomic mass is 32.1. The molecule has 0 amide bonds. The maximum Gasteiger partial charge on any atom is 0.333 e. The molecular formula is C36H40N2O5S. The van der Waals surface area contributed by atoms with E-state index in [4.69, 9.17) is 19.9 Å². The number of ether oxygens (including phenoxy) is 3. The Morgan fingerprint density at radius 3 is 2.16 bits per heavy atom. The average Bonchev–Trinajstić information content (AvgIpc) is 3.51. The molecule has 1 atom stereocenters. The SMILES string of the molecule is CCOC(=O)/C(C)=C\C(C)=C\c1csc(C(N)Cc2ccc(OCc3ccccc3)cc2)n1.O=CCOCc1ccccc1. The fraction of sp³-hybridized carbons (Fsp3) is 0.250. The van der Waals surface area contributed by atoms with Crippen molar-refractivity contribution >= 4 is 29.7 Å². The summed E-state index contributed by atoms with van der Waals surface area (Å²) in [6.45, 7) is 7.07. The second-order valence-corrected chi connectivity index (χ2v) is 10.8. The van der Waals surface area contributed by atoms with Gasteiger partial charge >= 0.3 is 5.97 Å². The Bertz CT molecular complexity index is 1480. The van der Waals surface area contributed by atoms with Crippen molar-refractivity contribution in [3.05, 3.63) is 135 Å². The molecule has 230 valence electrons. The predicted octanol–water partition coefficient (Wildman–Crippen LogP) is 7.28. The minimum Gasteiger partial charge on any atom is -0.489 e. The number of hydrogen-bond donors (Lipinski definition) is 1. The molecule has 0 bridgehead atoms. The lowest BCUT2D eigenvalue weighted by atomic mass is 10.1. The second kappa shape index (κ2) is 19.0. The number of rotatable bonds is 14. The Balaban J connectivity index is 0.000000404. The number of nitrogens with zero attached hydrogens (tertiary/aromatic N) is 1. The molecule has 44 heavy (non-hydrogen) atoms. The third kappa shape index (κ3) is 12.5. The van der Waals surface area contributed by atoms with E-state index < -0.39 is 0 Å². The molecule has 4 aromatic rings. The van der Waals surface area contributed by atoms with Gasteiger partial charge in [0, 0.05) is 11.0 Å². The number of thiazole rings is 1. The largest absolute Gasteiger partial charge is 0.489 e. The summed E-state index contributed by atoms with van der Waals surface area (Å²) in [5, 5.41) is 2.86. The summed E-state index contributed by atoms with van der Waals surface area (Å²) in [5.41, 5.74) is 12.1. The number of hydrogen-bond acceptors (Lipinski definition) is 8. The van der Waals surface area contributed by atoms with Crippen LogP contribution in [0.25, 0.3) is 6.08 Å². The number of allylic oxidation sites excluding steroid dienone is 2. The minimum atomic E-state index is -0.303. The van der Waals surface area contributed by atoms with Gasteiger partial charge in [-0.05, 0) is 73.7 Å². The number of esters is 1. The number of benzene rings is 3. The summed E-state index contributed by atoms with van der Waals surface area (Å²) in [4.78, 5) is 26.3. The van der Waals surface area contributed by atoms with Crippen LogP contribution in [0.15, 0.2) is 108 Å². The van der Waals surface area contributed by atoms with Crippen LogP contribution < -0.4 is 10.5 Å². The van der Waals surface area contributed by atoms with Gasteiger partial charge in [0.2, 0.25) is 0 Å². The molecule has 4 rings (SSSR count). The standard InChI is InChI=1S/C27H30N2O3S.C9H10O2/c1-4-31-27(30)20(3)14-19(2)15-23-18-33-26(29-23)25(28)16-21-10-12-24(13-11-21)32-17-22-8-6-5-7-9-22;10-6-7-11-8-9-4-2-1-3-5-9/h5-15,18,25H,4,16-17,28H2,1-3H3;1-6H,7-8H2/b19-15+,20-14-;. The van der Waals surface area contributed by atoms with Gasteiger partial charge < -0.3 is 24.7 Å². The summed E-state index contributed by atoms with van der Waals surface area (Å²) in [6.07, 6.45) is 5.19. The fourth-order valence-electron chi connectivity index (χ4n) is 4.06. The van der Waals surface area contributed by atoms with Crippen molar-refractivity contribution in [2.75, 3.05) is 13.2 Å². The Kier molecular flexibility index (Phi) is 14.7. The first-order valence-electron chi connectivity index (χ1n) is 14.4. The first-order valence-corrected chi connectivity index (χ1v) is 15.3. The molecule has 0 saturated heterocycles. The van der Waals surface area contributed by atoms with Crippen LogP contribution in [-0.4, -0.2) is 30.5 Å². The number of carbonyl (C=O) groups excluding carboxylic acids is 2. The van der Waals surface area contributed by atoms with E-state index in [1.807, 2.05) is 103 Å². The van der Waals surface area contributed by atoms with Crippen molar-refractivity contribution in [1.82, 2.24) is 4.98 Å². The van der Waals surface area contributed by atoms with E-state index >= 15 is 0 Å². The average molecular weight is 613 g/mol. The van der Waals surface area contributed by atoms with Crippen LogP contribution in [0.5, 0.6) is 5.75 Å². The van der Waals surface area contributed by atoms with E-state index in [2.05, 4.69) is 4.98 Å². The number of aromatic nitrogens is 1. The van der Waals surface area contributed by atoms with Crippen molar-refractivity contribution in [3.63, 3.8) is 0 Å². The second-order valence-electron chi connectivity index (χ2n) is 9.94. The topological polar surface area (TPSA) is 101 Å². The molecule has 1 unspecified atom stereocenters. The highest BCUT2D eigenvalue weighted by Crippen LogP contribution is 2.23. The van der Waals surface area contributed by atoms with Crippen LogP contribution in [0.2, 0.25) is 0 Å². The fourth-order valence-corrected chi connectivity index (χ4v) is 4.84. The predicted molar refractivity (Wildman–Crippen MR) is 176 cm³/mol. The summed E-state index contributed by atoms with van der Waals surface area (Å²) < 4.78 is 15.9. The van der Waals surface area contributed by atoms with Gasteiger partial charge in [0.1, 0.15) is 30.3 Å². The molecule has 7 nitrogen and oxygen atoms in total. The molecule has 2 N–H and O–H groups in total. The lowest BCUT2D eigenvalue weighted by Crippen LogP contribution is -2.13. The summed E-state index contributed by atoms with van der Waals surface area (Å²) in [5.74, 6) is 0.530. The number of aldehydes is 1. The Morgan fingerprint density at radius 2 is 1.55 bits per heavy atom. The van der Waals surface area contributed by atoms with E-state index in [-0.39, 0.29) is 18.6 Å². The smallest absolute Gasteiger partial charge is 0.333 e. The lowest BCUT2D eigenvalue weighted by molar-refractivity contribution is -0.138. The zero-order valence-electron chi connectivity index (χ0n) is 25.5. The highest BCUT2D eigenvalue weighted by molar-refractivity contribution is 7.09. The summed E-state index contributed by atoms with van der Waals surface area (Å²) >= 11 is 1.54. The van der Waals surface area contributed by atoms with Crippen LogP contribution >= 0.6 is 11.3 Å². The van der Waals surface area contributed by atoms with Gasteiger partial charge in [0.25, 0.3) is 0 Å². The van der Waals surface area contributed by atoms with E-state index in [0.29, 0.717) is 31.8 Å². The van der Waals surface area contributed by atoms with Gasteiger partial charge in [-0.3, -0.25) is 0 Å². The molecule has 0 aliphatic rings. The van der Waals surface area contributed by atoms with Gasteiger partial charge in [-0.25, -0.2) is 9.78 Å². The molecule has 0 radical (unpaired) electrons. The molecule has 0 fully saturated rings. The lowest BCUT2D eigenvalue weighted by Gasteiger charge is -2.10. The number of carbonyl (C=O) groups is 2. The van der Waals surface area contributed by atoms with Gasteiger partial charge in [-0.1, -0.05) is 72.8 Å². The van der Waals surface area contributed by atoms with Crippen molar-refractivity contribution in [1.29, 1.82) is 0 Å². The third-order valence-electron chi connectivity index (χ3n) is 6.20. The molecule has 3 aromatic carbocycles. The quantitative estimate of drug-likeness (QED) is 0.0525. The van der Waals surface area contributed by atoms with Crippen LogP contribution in [0, 0.1) is 0 Å². The molecule has 0 spiro atoms. The van der Waals surface area contributed by atoms with Gasteiger partial charge in [-0.2, -0.15) is 0 Å². The first kappa shape index (κ1) is 34.1. The molecule has 1 heterocycles. The van der Waals surface area contributed by atoms with E-state index in [1.54, 1.807) is 31.3 Å². The van der Waals surface area contributed by atoms with Crippen LogP contribution in [0.1, 0.15) is 54.2 Å². The molecule has 1 aromatic heterocycles. The van der Waals surface area contributed by atoms with E-state index in [9.17, 15) is 9.59 Å². The van der Waals surface area contributed by atoms with Gasteiger partial charge in [0.05, 0.1) is 24.9 Å². The molecule has 0 saturated carbocycles. The zero-order valence-corrected chi connectivity index (χ0v) is 26.3. The van der Waals surface area contributed by atoms with Crippen LogP contribution in [-0.2, 0) is 38.7 Å². The van der Waals surface area contributed by atoms with Crippen molar-refractivity contribution in [3.8, 4) is 5.75 Å². The Morgan fingerprint density at radius 1 is 0.909 bits per heavy atom. The molecule has 8 heteroatoms. The first-order chi connectivity index (χ1) is 21.4. The molecule has 0 aliphatic heterocycles. The molecule has 0 aliphatic carbocycles. The monoisotopic (exact) mass is 612 g/mol. The third-order valence-corrected chi connectivity index (χ3v) is 7.19. The maximum atomic E-state index is 11.8. The van der Waals surface area contributed by atoms with Crippen LogP contribution in [0.3, 0.4) is 0 Å². The molecular weight excluding hydrogens is 572 g/mol. The highest BCUT2D eigenvalue weighted by Gasteiger charge is 2.12. The van der Waals surface area contributed by atoms with E-state index in [0.717, 1.165) is 45.0 Å². The van der Waals surface area contributed by atoms with Crippen molar-refractivity contribution < 1.29 is 23.8 Å². The van der Waals surface area contributed by atoms with Crippen molar-refractivity contribution in [2.45, 2.75) is 46.4 Å². The van der Waals surface area contributed by atoms with Gasteiger partial charge in [0.15, 0.2) is 0 Å². The van der Waals surface area contributed by atoms with Crippen LogP contribution in [0.4, 0.5) is 0 Å². The Labute approximate surface area is 264 Å². The van der Waals surface area contributed by atoms with Crippen molar-refractivity contribution in [2.24, 2.45) is 5.73 Å². The maximum absolute atomic E-state index is 11.8. The summed E-state index contributed by atoms with van der Waals surface area (Å²) in [7, 11) is 0. The van der Waals surface area contributed by atoms with E-state index in [1.165, 1.54) is 0 Å². The number of nitrogens with two attached hydrogens (primary N) is 1. The minimum absolute atomic E-state index is 0.175. The van der Waals surface area contributed by atoms with Gasteiger partial charge in [-0.15, -0.1) is 11.3 Å². The zero-order chi connectivity index (χ0) is 31.6. The summed E-state index contributed by atoms with van der Waals surface area (Å²) in [6, 6.07) is 27.7.